The minimum Gasteiger partial charge on any atom is -0.477 e. The van der Waals surface area contributed by atoms with Crippen LogP contribution in [0.5, 0.6) is 5.88 Å². The van der Waals surface area contributed by atoms with Crippen molar-refractivity contribution in [1.29, 1.82) is 0 Å². The second-order valence-corrected chi connectivity index (χ2v) is 14.6. The Bertz CT molecular complexity index is 1300. The van der Waals surface area contributed by atoms with E-state index in [9.17, 15) is 14.7 Å². The minimum absolute atomic E-state index is 0.00878. The maximum absolute atomic E-state index is 14.2. The molecule has 2 aliphatic carbocycles. The van der Waals surface area contributed by atoms with Gasteiger partial charge in [-0.15, -0.1) is 11.3 Å². The summed E-state index contributed by atoms with van der Waals surface area (Å²) in [6, 6.07) is 5.82. The summed E-state index contributed by atoms with van der Waals surface area (Å²) in [5, 5.41) is 10.2. The average Bonchev–Trinajstić information content (AvgIpc) is 3.37. The van der Waals surface area contributed by atoms with Crippen molar-refractivity contribution < 1.29 is 19.4 Å². The van der Waals surface area contributed by atoms with Gasteiger partial charge < -0.3 is 19.6 Å². The number of hydrogen-bond acceptors (Lipinski definition) is 6. The number of carboxylic acids is 1. The standard InChI is InChI=1S/C35H49N3O4S/c1-7-20-37(6)23-25-17-19-36-31(21-25)42-28-14-12-27(13-15-28)38(33(39)26-10-8-24(2)9-11-26)30-22-29(16-18-35(3,4)5)43-32(30)34(40)41/h17,19,21-22,24,26-28H,7-15,20,23H2,1-6H3,(H,40,41). The molecule has 0 radical (unpaired) electrons. The molecule has 2 aromatic heterocycles. The van der Waals surface area contributed by atoms with Gasteiger partial charge in [0.05, 0.1) is 10.6 Å². The van der Waals surface area contributed by atoms with E-state index >= 15 is 0 Å². The van der Waals surface area contributed by atoms with Crippen LogP contribution in [-0.2, 0) is 11.3 Å². The zero-order valence-electron chi connectivity index (χ0n) is 26.8. The fourth-order valence-electron chi connectivity index (χ4n) is 6.20. The Kier molecular flexibility index (Phi) is 11.3. The van der Waals surface area contributed by atoms with Crippen molar-refractivity contribution in [3.05, 3.63) is 39.7 Å². The smallest absolute Gasteiger partial charge is 0.348 e. The zero-order chi connectivity index (χ0) is 31.1. The maximum atomic E-state index is 14.2. The van der Waals surface area contributed by atoms with Crippen molar-refractivity contribution >= 4 is 28.9 Å². The molecular weight excluding hydrogens is 558 g/mol. The topological polar surface area (TPSA) is 83.0 Å². The number of carbonyl (C=O) groups excluding carboxylic acids is 1. The van der Waals surface area contributed by atoms with Crippen molar-refractivity contribution in [1.82, 2.24) is 9.88 Å². The van der Waals surface area contributed by atoms with Gasteiger partial charge in [0.25, 0.3) is 0 Å². The van der Waals surface area contributed by atoms with Crippen molar-refractivity contribution in [2.45, 2.75) is 111 Å². The van der Waals surface area contributed by atoms with Crippen LogP contribution in [0.25, 0.3) is 0 Å². The van der Waals surface area contributed by atoms with Crippen molar-refractivity contribution in [3.8, 4) is 17.7 Å². The van der Waals surface area contributed by atoms with Crippen LogP contribution < -0.4 is 9.64 Å². The van der Waals surface area contributed by atoms with Gasteiger partial charge in [0.15, 0.2) is 0 Å². The van der Waals surface area contributed by atoms with E-state index in [1.165, 1.54) is 16.9 Å². The second kappa shape index (κ2) is 14.7. The molecule has 0 aliphatic heterocycles. The van der Waals surface area contributed by atoms with Crippen LogP contribution >= 0.6 is 11.3 Å². The molecule has 2 heterocycles. The number of anilines is 1. The molecule has 2 aliphatic rings. The van der Waals surface area contributed by atoms with Crippen LogP contribution in [0.1, 0.15) is 113 Å². The summed E-state index contributed by atoms with van der Waals surface area (Å²) in [6.45, 7) is 12.4. The number of aromatic carboxylic acids is 1. The SMILES string of the molecule is CCCN(C)Cc1ccnc(OC2CCC(N(C(=O)C3CCC(C)CC3)c3cc(C#CC(C)(C)C)sc3C(=O)O)CC2)c1. The molecule has 0 spiro atoms. The van der Waals surface area contributed by atoms with E-state index in [-0.39, 0.29) is 34.3 Å². The predicted octanol–water partition coefficient (Wildman–Crippen LogP) is 7.63. The van der Waals surface area contributed by atoms with E-state index in [0.717, 1.165) is 70.9 Å². The molecule has 7 nitrogen and oxygen atoms in total. The van der Waals surface area contributed by atoms with Crippen LogP contribution in [0.15, 0.2) is 24.4 Å². The van der Waals surface area contributed by atoms with Gasteiger partial charge in [-0.25, -0.2) is 9.78 Å². The Morgan fingerprint density at radius 3 is 2.42 bits per heavy atom. The molecule has 1 amide bonds. The number of pyridine rings is 1. The first-order valence-corrected chi connectivity index (χ1v) is 16.8. The highest BCUT2D eigenvalue weighted by molar-refractivity contribution is 7.15. The number of thiophene rings is 1. The number of carboxylic acid groups (broad SMARTS) is 1. The second-order valence-electron chi connectivity index (χ2n) is 13.6. The Morgan fingerprint density at radius 1 is 1.09 bits per heavy atom. The lowest BCUT2D eigenvalue weighted by Crippen LogP contribution is -2.47. The van der Waals surface area contributed by atoms with E-state index in [1.807, 2.05) is 50.1 Å². The monoisotopic (exact) mass is 607 g/mol. The van der Waals surface area contributed by atoms with E-state index < -0.39 is 5.97 Å². The molecule has 8 heteroatoms. The Morgan fingerprint density at radius 2 is 1.79 bits per heavy atom. The predicted molar refractivity (Wildman–Crippen MR) is 174 cm³/mol. The molecule has 1 N–H and O–H groups in total. The highest BCUT2D eigenvalue weighted by atomic mass is 32.1. The number of rotatable bonds is 10. The number of nitrogens with zero attached hydrogens (tertiary/aromatic N) is 3. The first-order chi connectivity index (χ1) is 20.4. The highest BCUT2D eigenvalue weighted by Crippen LogP contribution is 2.39. The fraction of sp³-hybridized carbons (Fsp3) is 0.629. The normalized spacial score (nSPS) is 22.5. The molecule has 0 aromatic carbocycles. The van der Waals surface area contributed by atoms with Crippen LogP contribution in [0.4, 0.5) is 5.69 Å². The molecule has 2 aromatic rings. The van der Waals surface area contributed by atoms with E-state index in [4.69, 9.17) is 4.74 Å². The minimum atomic E-state index is -1.01. The summed E-state index contributed by atoms with van der Waals surface area (Å²) in [7, 11) is 2.12. The van der Waals surface area contributed by atoms with Crippen LogP contribution in [0, 0.1) is 29.1 Å². The van der Waals surface area contributed by atoms with Gasteiger partial charge in [-0.2, -0.15) is 0 Å². The van der Waals surface area contributed by atoms with Crippen molar-refractivity contribution in [2.75, 3.05) is 18.5 Å². The first-order valence-electron chi connectivity index (χ1n) is 16.0. The van der Waals surface area contributed by atoms with Gasteiger partial charge in [0, 0.05) is 36.2 Å². The van der Waals surface area contributed by atoms with Gasteiger partial charge >= 0.3 is 5.97 Å². The molecule has 0 unspecified atom stereocenters. The van der Waals surface area contributed by atoms with Crippen LogP contribution in [0.3, 0.4) is 0 Å². The lowest BCUT2D eigenvalue weighted by Gasteiger charge is -2.39. The molecule has 0 atom stereocenters. The summed E-state index contributed by atoms with van der Waals surface area (Å²) in [5.74, 6) is 6.65. The van der Waals surface area contributed by atoms with Crippen molar-refractivity contribution in [3.63, 3.8) is 0 Å². The number of amides is 1. The molecule has 0 bridgehead atoms. The third kappa shape index (κ3) is 9.30. The number of hydrogen-bond donors (Lipinski definition) is 1. The summed E-state index contributed by atoms with van der Waals surface area (Å²) in [6.07, 6.45) is 9.75. The molecule has 0 saturated heterocycles. The maximum Gasteiger partial charge on any atom is 0.348 e. The largest absolute Gasteiger partial charge is 0.477 e. The molecular formula is C35H49N3O4S. The lowest BCUT2D eigenvalue weighted by atomic mass is 9.81. The summed E-state index contributed by atoms with van der Waals surface area (Å²) in [5.41, 5.74) is 1.48. The molecule has 2 saturated carbocycles. The summed E-state index contributed by atoms with van der Waals surface area (Å²) >= 11 is 1.17. The number of ether oxygens (including phenoxy) is 1. The molecule has 43 heavy (non-hydrogen) atoms. The third-order valence-electron chi connectivity index (χ3n) is 8.48. The molecule has 2 fully saturated rings. The molecule has 234 valence electrons. The first kappa shape index (κ1) is 33.0. The van der Waals surface area contributed by atoms with Gasteiger partial charge in [-0.1, -0.05) is 25.7 Å². The zero-order valence-corrected chi connectivity index (χ0v) is 27.6. The van der Waals surface area contributed by atoms with Gasteiger partial charge in [0.2, 0.25) is 11.8 Å². The van der Waals surface area contributed by atoms with Crippen LogP contribution in [0.2, 0.25) is 0 Å². The van der Waals surface area contributed by atoms with E-state index in [0.29, 0.717) is 22.4 Å². The average molecular weight is 608 g/mol. The van der Waals surface area contributed by atoms with Crippen LogP contribution in [-0.4, -0.2) is 52.6 Å². The summed E-state index contributed by atoms with van der Waals surface area (Å²) < 4.78 is 6.35. The number of aromatic nitrogens is 1. The van der Waals surface area contributed by atoms with Gasteiger partial charge in [-0.3, -0.25) is 4.79 Å². The Labute approximate surface area is 262 Å². The summed E-state index contributed by atoms with van der Waals surface area (Å²) in [4.78, 5) is 36.1. The Hall–Kier alpha value is -2.89. The Balaban J connectivity index is 1.54. The van der Waals surface area contributed by atoms with E-state index in [2.05, 4.69) is 42.6 Å². The lowest BCUT2D eigenvalue weighted by molar-refractivity contribution is -0.124. The van der Waals surface area contributed by atoms with E-state index in [1.54, 1.807) is 0 Å². The van der Waals surface area contributed by atoms with Gasteiger partial charge in [0.1, 0.15) is 11.0 Å². The van der Waals surface area contributed by atoms with Crippen molar-refractivity contribution in [2.24, 2.45) is 17.3 Å². The third-order valence-corrected chi connectivity index (χ3v) is 9.51. The molecule has 4 rings (SSSR count). The fourth-order valence-corrected chi connectivity index (χ4v) is 7.04. The number of carbonyl (C=O) groups is 2. The highest BCUT2D eigenvalue weighted by Gasteiger charge is 2.38. The quantitative estimate of drug-likeness (QED) is 0.280. The van der Waals surface area contributed by atoms with Gasteiger partial charge in [-0.05, 0) is 116 Å².